The lowest BCUT2D eigenvalue weighted by Crippen LogP contribution is -2.44. The molecule has 0 bridgehead atoms. The van der Waals surface area contributed by atoms with Gasteiger partial charge in [-0.2, -0.15) is 0 Å². The summed E-state index contributed by atoms with van der Waals surface area (Å²) in [5.41, 5.74) is 1.47. The third kappa shape index (κ3) is 4.32. The number of carboxylic acid groups (broad SMARTS) is 1. The molecule has 2 rings (SSSR count). The number of aliphatic carboxylic acids is 1. The molecule has 0 fully saturated rings. The molecule has 2 N–H and O–H groups in total. The van der Waals surface area contributed by atoms with Gasteiger partial charge in [0.05, 0.1) is 24.8 Å². The minimum absolute atomic E-state index is 0.0438. The van der Waals surface area contributed by atoms with Crippen molar-refractivity contribution in [1.82, 2.24) is 10.3 Å². The predicted molar refractivity (Wildman–Crippen MR) is 92.2 cm³/mol. The maximum atomic E-state index is 12.1. The molecule has 1 aromatic heterocycles. The van der Waals surface area contributed by atoms with E-state index in [1.807, 2.05) is 24.3 Å². The van der Waals surface area contributed by atoms with Gasteiger partial charge >= 0.3 is 5.97 Å². The predicted octanol–water partition coefficient (Wildman–Crippen LogP) is 2.59. The highest BCUT2D eigenvalue weighted by molar-refractivity contribution is 7.13. The van der Waals surface area contributed by atoms with E-state index in [2.05, 4.69) is 10.3 Å². The highest BCUT2D eigenvalue weighted by Crippen LogP contribution is 2.31. The van der Waals surface area contributed by atoms with Crippen LogP contribution in [-0.4, -0.2) is 35.1 Å². The Hall–Kier alpha value is -2.41. The minimum Gasteiger partial charge on any atom is -0.496 e. The van der Waals surface area contributed by atoms with E-state index in [-0.39, 0.29) is 18.2 Å². The first-order valence-corrected chi connectivity index (χ1v) is 8.40. The molecule has 1 unspecified atom stereocenters. The largest absolute Gasteiger partial charge is 0.496 e. The van der Waals surface area contributed by atoms with Crippen molar-refractivity contribution >= 4 is 23.2 Å². The molecule has 1 heterocycles. The Bertz CT molecular complexity index is 727. The third-order valence-corrected chi connectivity index (χ3v) is 4.40. The molecule has 2 aromatic rings. The number of methoxy groups -OCH3 is 1. The van der Waals surface area contributed by atoms with Gasteiger partial charge in [0.1, 0.15) is 16.8 Å². The molecule has 7 heteroatoms. The van der Waals surface area contributed by atoms with Crippen LogP contribution in [0.3, 0.4) is 0 Å². The monoisotopic (exact) mass is 348 g/mol. The standard InChI is InChI=1S/C17H20N2O4S/c1-10(2)15(17(21)22)19-14(20)8-11-9-24-16(18-11)12-6-4-5-7-13(12)23-3/h4-7,9-10,15H,8H2,1-3H3,(H,19,20)(H,21,22). The van der Waals surface area contributed by atoms with Gasteiger partial charge in [-0.15, -0.1) is 11.3 Å². The summed E-state index contributed by atoms with van der Waals surface area (Å²) in [6.45, 7) is 3.50. The van der Waals surface area contributed by atoms with Crippen molar-refractivity contribution in [3.63, 3.8) is 0 Å². The van der Waals surface area contributed by atoms with E-state index in [0.717, 1.165) is 10.6 Å². The fourth-order valence-electron chi connectivity index (χ4n) is 2.24. The summed E-state index contributed by atoms with van der Waals surface area (Å²) in [6, 6.07) is 6.63. The molecule has 0 spiro atoms. The van der Waals surface area contributed by atoms with Crippen LogP contribution in [0.2, 0.25) is 0 Å². The Morgan fingerprint density at radius 1 is 1.33 bits per heavy atom. The number of amides is 1. The van der Waals surface area contributed by atoms with Gasteiger partial charge in [0.25, 0.3) is 0 Å². The highest BCUT2D eigenvalue weighted by atomic mass is 32.1. The van der Waals surface area contributed by atoms with E-state index in [9.17, 15) is 9.59 Å². The van der Waals surface area contributed by atoms with E-state index in [0.29, 0.717) is 11.4 Å². The molecular formula is C17H20N2O4S. The van der Waals surface area contributed by atoms with Gasteiger partial charge in [-0.3, -0.25) is 4.79 Å². The quantitative estimate of drug-likeness (QED) is 0.803. The van der Waals surface area contributed by atoms with Crippen LogP contribution in [0.5, 0.6) is 5.75 Å². The summed E-state index contributed by atoms with van der Waals surface area (Å²) in [5.74, 6) is -0.862. The maximum absolute atomic E-state index is 12.1. The number of aromatic nitrogens is 1. The molecule has 24 heavy (non-hydrogen) atoms. The van der Waals surface area contributed by atoms with Crippen molar-refractivity contribution in [1.29, 1.82) is 0 Å². The van der Waals surface area contributed by atoms with Gasteiger partial charge in [0.2, 0.25) is 5.91 Å². The minimum atomic E-state index is -1.04. The van der Waals surface area contributed by atoms with E-state index in [1.54, 1.807) is 26.3 Å². The Kier molecular flexibility index (Phi) is 5.92. The molecule has 0 saturated heterocycles. The molecule has 1 atom stereocenters. The molecule has 1 aromatic carbocycles. The lowest BCUT2D eigenvalue weighted by Gasteiger charge is -2.17. The van der Waals surface area contributed by atoms with E-state index in [1.165, 1.54) is 11.3 Å². The van der Waals surface area contributed by atoms with Crippen LogP contribution in [0, 0.1) is 5.92 Å². The van der Waals surface area contributed by atoms with Gasteiger partial charge < -0.3 is 15.2 Å². The second kappa shape index (κ2) is 7.92. The summed E-state index contributed by atoms with van der Waals surface area (Å²) in [7, 11) is 1.60. The van der Waals surface area contributed by atoms with Crippen molar-refractivity contribution in [2.24, 2.45) is 5.92 Å². The number of hydrogen-bond donors (Lipinski definition) is 2. The summed E-state index contributed by atoms with van der Waals surface area (Å²) in [6.07, 6.45) is 0.0438. The van der Waals surface area contributed by atoms with Crippen LogP contribution >= 0.6 is 11.3 Å². The number of rotatable bonds is 7. The number of hydrogen-bond acceptors (Lipinski definition) is 5. The Labute approximate surface area is 144 Å². The molecule has 0 aliphatic heterocycles. The fourth-order valence-corrected chi connectivity index (χ4v) is 3.08. The number of carboxylic acids is 1. The molecule has 128 valence electrons. The van der Waals surface area contributed by atoms with Crippen LogP contribution in [-0.2, 0) is 16.0 Å². The van der Waals surface area contributed by atoms with E-state index >= 15 is 0 Å². The molecular weight excluding hydrogens is 328 g/mol. The number of ether oxygens (including phenoxy) is 1. The molecule has 0 radical (unpaired) electrons. The van der Waals surface area contributed by atoms with Gasteiger partial charge in [0, 0.05) is 5.38 Å². The third-order valence-electron chi connectivity index (χ3n) is 3.48. The number of carbonyl (C=O) groups is 2. The zero-order valence-corrected chi connectivity index (χ0v) is 14.6. The number of nitrogens with one attached hydrogen (secondary N) is 1. The topological polar surface area (TPSA) is 88.5 Å². The summed E-state index contributed by atoms with van der Waals surface area (Å²) < 4.78 is 5.32. The van der Waals surface area contributed by atoms with Crippen molar-refractivity contribution in [2.45, 2.75) is 26.3 Å². The highest BCUT2D eigenvalue weighted by Gasteiger charge is 2.23. The van der Waals surface area contributed by atoms with Crippen LogP contribution in [0.25, 0.3) is 10.6 Å². The lowest BCUT2D eigenvalue weighted by molar-refractivity contribution is -0.143. The van der Waals surface area contributed by atoms with Gasteiger partial charge in [-0.25, -0.2) is 9.78 Å². The number of nitrogens with zero attached hydrogens (tertiary/aromatic N) is 1. The zero-order chi connectivity index (χ0) is 17.7. The van der Waals surface area contributed by atoms with Gasteiger partial charge in [0.15, 0.2) is 0 Å². The smallest absolute Gasteiger partial charge is 0.326 e. The van der Waals surface area contributed by atoms with E-state index in [4.69, 9.17) is 9.84 Å². The van der Waals surface area contributed by atoms with Crippen molar-refractivity contribution in [3.05, 3.63) is 35.3 Å². The average Bonchev–Trinajstić information content (AvgIpc) is 3.00. The normalized spacial score (nSPS) is 12.0. The number of para-hydroxylation sites is 1. The number of thiazole rings is 1. The first-order valence-electron chi connectivity index (χ1n) is 7.52. The average molecular weight is 348 g/mol. The van der Waals surface area contributed by atoms with E-state index < -0.39 is 12.0 Å². The van der Waals surface area contributed by atoms with Crippen LogP contribution in [0.1, 0.15) is 19.5 Å². The van der Waals surface area contributed by atoms with Crippen LogP contribution < -0.4 is 10.1 Å². The van der Waals surface area contributed by atoms with Gasteiger partial charge in [-0.1, -0.05) is 26.0 Å². The summed E-state index contributed by atoms with van der Waals surface area (Å²) >= 11 is 1.42. The molecule has 1 amide bonds. The van der Waals surface area contributed by atoms with Crippen molar-refractivity contribution in [2.75, 3.05) is 7.11 Å². The second-order valence-corrected chi connectivity index (χ2v) is 6.51. The fraction of sp³-hybridized carbons (Fsp3) is 0.353. The Balaban J connectivity index is 2.08. The molecule has 0 saturated carbocycles. The van der Waals surface area contributed by atoms with Crippen LogP contribution in [0.15, 0.2) is 29.6 Å². The zero-order valence-electron chi connectivity index (χ0n) is 13.8. The maximum Gasteiger partial charge on any atom is 0.326 e. The summed E-state index contributed by atoms with van der Waals surface area (Å²) in [4.78, 5) is 27.7. The second-order valence-electron chi connectivity index (χ2n) is 5.65. The summed E-state index contributed by atoms with van der Waals surface area (Å²) in [5, 5.41) is 14.2. The van der Waals surface area contributed by atoms with Crippen LogP contribution in [0.4, 0.5) is 0 Å². The number of benzene rings is 1. The molecule has 0 aliphatic rings. The molecule has 0 aliphatic carbocycles. The van der Waals surface area contributed by atoms with Crippen molar-refractivity contribution < 1.29 is 19.4 Å². The Morgan fingerprint density at radius 2 is 2.04 bits per heavy atom. The first kappa shape index (κ1) is 17.9. The molecule has 6 nitrogen and oxygen atoms in total. The van der Waals surface area contributed by atoms with Gasteiger partial charge in [-0.05, 0) is 18.1 Å². The Morgan fingerprint density at radius 3 is 2.67 bits per heavy atom. The first-order chi connectivity index (χ1) is 11.4. The number of carbonyl (C=O) groups excluding carboxylic acids is 1. The van der Waals surface area contributed by atoms with Crippen molar-refractivity contribution in [3.8, 4) is 16.3 Å². The lowest BCUT2D eigenvalue weighted by atomic mass is 10.0. The SMILES string of the molecule is COc1ccccc1-c1nc(CC(=O)NC(C(=O)O)C(C)C)cs1.